The highest BCUT2D eigenvalue weighted by Gasteiger charge is 2.11. The maximum Gasteiger partial charge on any atom is 0.0656 e. The molecule has 0 radical (unpaired) electrons. The number of aryl methyl sites for hydroxylation is 1. The van der Waals surface area contributed by atoms with Gasteiger partial charge in [0.1, 0.15) is 0 Å². The lowest BCUT2D eigenvalue weighted by Gasteiger charge is -2.15. The summed E-state index contributed by atoms with van der Waals surface area (Å²) in [6.07, 6.45) is 0. The summed E-state index contributed by atoms with van der Waals surface area (Å²) in [5.74, 6) is 0. The van der Waals surface area contributed by atoms with E-state index in [0.717, 1.165) is 11.1 Å². The fraction of sp³-hybridized carbons (Fsp3) is 0.400. The Bertz CT molecular complexity index is 268. The van der Waals surface area contributed by atoms with E-state index in [2.05, 4.69) is 0 Å². The molecule has 0 saturated carbocycles. The van der Waals surface area contributed by atoms with Crippen molar-refractivity contribution in [1.29, 1.82) is 0 Å². The average molecular weight is 200 g/mol. The van der Waals surface area contributed by atoms with E-state index in [1.165, 1.54) is 0 Å². The molecule has 0 amide bonds. The van der Waals surface area contributed by atoms with Crippen molar-refractivity contribution in [3.63, 3.8) is 0 Å². The van der Waals surface area contributed by atoms with Crippen molar-refractivity contribution >= 4 is 11.6 Å². The fourth-order valence-corrected chi connectivity index (χ4v) is 1.74. The standard InChI is InChI=1S/C10H14ClNO/c1-7-4-3-5-8(11)10(7)9(12)6-13-2/h3-5,9H,6,12H2,1-2H3. The Morgan fingerprint density at radius 1 is 1.54 bits per heavy atom. The monoisotopic (exact) mass is 199 g/mol. The van der Waals surface area contributed by atoms with E-state index in [-0.39, 0.29) is 6.04 Å². The van der Waals surface area contributed by atoms with Crippen molar-refractivity contribution in [2.24, 2.45) is 5.73 Å². The van der Waals surface area contributed by atoms with Crippen LogP contribution in [0.1, 0.15) is 17.2 Å². The van der Waals surface area contributed by atoms with Crippen LogP contribution in [0.5, 0.6) is 0 Å². The van der Waals surface area contributed by atoms with Crippen LogP contribution in [0.4, 0.5) is 0 Å². The molecule has 0 fully saturated rings. The first-order chi connectivity index (χ1) is 6.16. The topological polar surface area (TPSA) is 35.2 Å². The molecule has 2 N–H and O–H groups in total. The largest absolute Gasteiger partial charge is 0.383 e. The number of nitrogens with two attached hydrogens (primary N) is 1. The Hall–Kier alpha value is -0.570. The molecule has 72 valence electrons. The maximum atomic E-state index is 6.02. The number of ether oxygens (including phenoxy) is 1. The summed E-state index contributed by atoms with van der Waals surface area (Å²) in [5, 5.41) is 0.713. The second kappa shape index (κ2) is 4.61. The maximum absolute atomic E-state index is 6.02. The molecular weight excluding hydrogens is 186 g/mol. The third kappa shape index (κ3) is 2.44. The van der Waals surface area contributed by atoms with Crippen LogP contribution in [0.3, 0.4) is 0 Å². The van der Waals surface area contributed by atoms with E-state index in [0.29, 0.717) is 11.6 Å². The van der Waals surface area contributed by atoms with Gasteiger partial charge in [-0.3, -0.25) is 0 Å². The predicted molar refractivity (Wildman–Crippen MR) is 55.0 cm³/mol. The number of methoxy groups -OCH3 is 1. The summed E-state index contributed by atoms with van der Waals surface area (Å²) in [5.41, 5.74) is 7.98. The molecule has 0 saturated heterocycles. The van der Waals surface area contributed by atoms with Crippen molar-refractivity contribution in [3.05, 3.63) is 34.3 Å². The summed E-state index contributed by atoms with van der Waals surface area (Å²) >= 11 is 6.02. The van der Waals surface area contributed by atoms with E-state index in [4.69, 9.17) is 22.1 Å². The highest BCUT2D eigenvalue weighted by atomic mass is 35.5. The lowest BCUT2D eigenvalue weighted by atomic mass is 10.0. The molecular formula is C10H14ClNO. The molecule has 3 heteroatoms. The molecule has 0 aliphatic carbocycles. The van der Waals surface area contributed by atoms with Gasteiger partial charge in [-0.25, -0.2) is 0 Å². The Labute approximate surface area is 83.6 Å². The molecule has 1 rings (SSSR count). The molecule has 0 bridgehead atoms. The molecule has 0 aliphatic heterocycles. The van der Waals surface area contributed by atoms with Crippen LogP contribution < -0.4 is 5.73 Å². The van der Waals surface area contributed by atoms with E-state index < -0.39 is 0 Å². The van der Waals surface area contributed by atoms with Crippen molar-refractivity contribution in [2.75, 3.05) is 13.7 Å². The van der Waals surface area contributed by atoms with Crippen molar-refractivity contribution in [2.45, 2.75) is 13.0 Å². The molecule has 1 unspecified atom stereocenters. The van der Waals surface area contributed by atoms with Crippen LogP contribution in [0.15, 0.2) is 18.2 Å². The van der Waals surface area contributed by atoms with Crippen LogP contribution >= 0.6 is 11.6 Å². The van der Waals surface area contributed by atoms with Crippen LogP contribution in [0.2, 0.25) is 5.02 Å². The van der Waals surface area contributed by atoms with Gasteiger partial charge in [-0.05, 0) is 24.1 Å². The van der Waals surface area contributed by atoms with Gasteiger partial charge in [0.05, 0.1) is 12.6 Å². The molecule has 1 aromatic rings. The summed E-state index contributed by atoms with van der Waals surface area (Å²) in [6, 6.07) is 5.62. The van der Waals surface area contributed by atoms with Gasteiger partial charge in [0.2, 0.25) is 0 Å². The predicted octanol–water partition coefficient (Wildman–Crippen LogP) is 2.29. The van der Waals surface area contributed by atoms with Gasteiger partial charge in [-0.2, -0.15) is 0 Å². The van der Waals surface area contributed by atoms with E-state index in [1.54, 1.807) is 7.11 Å². The first-order valence-electron chi connectivity index (χ1n) is 4.16. The summed E-state index contributed by atoms with van der Waals surface area (Å²) < 4.78 is 4.98. The van der Waals surface area contributed by atoms with Crippen molar-refractivity contribution in [3.8, 4) is 0 Å². The molecule has 1 aromatic carbocycles. The highest BCUT2D eigenvalue weighted by Crippen LogP contribution is 2.24. The van der Waals surface area contributed by atoms with Crippen LogP contribution in [0.25, 0.3) is 0 Å². The lowest BCUT2D eigenvalue weighted by Crippen LogP contribution is -2.17. The second-order valence-electron chi connectivity index (χ2n) is 3.03. The van der Waals surface area contributed by atoms with Crippen molar-refractivity contribution < 1.29 is 4.74 Å². The fourth-order valence-electron chi connectivity index (χ4n) is 1.38. The molecule has 0 aromatic heterocycles. The minimum absolute atomic E-state index is 0.140. The third-order valence-electron chi connectivity index (χ3n) is 1.99. The molecule has 2 nitrogen and oxygen atoms in total. The number of hydrogen-bond donors (Lipinski definition) is 1. The third-order valence-corrected chi connectivity index (χ3v) is 2.32. The number of halogens is 1. The number of hydrogen-bond acceptors (Lipinski definition) is 2. The van der Waals surface area contributed by atoms with E-state index >= 15 is 0 Å². The smallest absolute Gasteiger partial charge is 0.0656 e. The first-order valence-corrected chi connectivity index (χ1v) is 4.54. The van der Waals surface area contributed by atoms with Gasteiger partial charge < -0.3 is 10.5 Å². The summed E-state index contributed by atoms with van der Waals surface area (Å²) in [6.45, 7) is 2.49. The minimum Gasteiger partial charge on any atom is -0.383 e. The van der Waals surface area contributed by atoms with Gasteiger partial charge >= 0.3 is 0 Å². The number of benzene rings is 1. The van der Waals surface area contributed by atoms with Crippen LogP contribution in [0, 0.1) is 6.92 Å². The zero-order valence-corrected chi connectivity index (χ0v) is 8.64. The summed E-state index contributed by atoms with van der Waals surface area (Å²) in [4.78, 5) is 0. The quantitative estimate of drug-likeness (QED) is 0.811. The van der Waals surface area contributed by atoms with Gasteiger partial charge in [-0.1, -0.05) is 23.7 Å². The first kappa shape index (κ1) is 10.5. The van der Waals surface area contributed by atoms with Crippen LogP contribution in [-0.2, 0) is 4.74 Å². The second-order valence-corrected chi connectivity index (χ2v) is 3.44. The Balaban J connectivity index is 2.98. The molecule has 0 spiro atoms. The van der Waals surface area contributed by atoms with Gasteiger partial charge in [0, 0.05) is 12.1 Å². The molecule has 1 atom stereocenters. The summed E-state index contributed by atoms with van der Waals surface area (Å²) in [7, 11) is 1.63. The highest BCUT2D eigenvalue weighted by molar-refractivity contribution is 6.31. The van der Waals surface area contributed by atoms with E-state index in [1.807, 2.05) is 25.1 Å². The zero-order chi connectivity index (χ0) is 9.84. The van der Waals surface area contributed by atoms with Gasteiger partial charge in [0.25, 0.3) is 0 Å². The Morgan fingerprint density at radius 2 is 2.23 bits per heavy atom. The average Bonchev–Trinajstić information content (AvgIpc) is 2.04. The van der Waals surface area contributed by atoms with Gasteiger partial charge in [-0.15, -0.1) is 0 Å². The Morgan fingerprint density at radius 3 is 2.77 bits per heavy atom. The molecule has 0 aliphatic rings. The minimum atomic E-state index is -0.140. The SMILES string of the molecule is COCC(N)c1c(C)cccc1Cl. The van der Waals surface area contributed by atoms with Gasteiger partial charge in [0.15, 0.2) is 0 Å². The zero-order valence-electron chi connectivity index (χ0n) is 7.88. The van der Waals surface area contributed by atoms with E-state index in [9.17, 15) is 0 Å². The van der Waals surface area contributed by atoms with Crippen LogP contribution in [-0.4, -0.2) is 13.7 Å². The van der Waals surface area contributed by atoms with Crippen molar-refractivity contribution in [1.82, 2.24) is 0 Å². The normalized spacial score (nSPS) is 12.9. The number of rotatable bonds is 3. The Kier molecular flexibility index (Phi) is 3.72. The lowest BCUT2D eigenvalue weighted by molar-refractivity contribution is 0.180. The molecule has 0 heterocycles. The molecule has 13 heavy (non-hydrogen) atoms.